The van der Waals surface area contributed by atoms with Crippen LogP contribution < -0.4 is 5.32 Å². The van der Waals surface area contributed by atoms with Gasteiger partial charge < -0.3 is 9.84 Å². The van der Waals surface area contributed by atoms with Gasteiger partial charge in [-0.1, -0.05) is 12.1 Å². The van der Waals surface area contributed by atoms with Crippen LogP contribution in [0.15, 0.2) is 30.5 Å². The van der Waals surface area contributed by atoms with Gasteiger partial charge in [-0.05, 0) is 32.9 Å². The molecule has 1 amide bonds. The van der Waals surface area contributed by atoms with Crippen LogP contribution in [0.4, 0.5) is 10.5 Å². The average molecular weight is 288 g/mol. The van der Waals surface area contributed by atoms with Gasteiger partial charge in [0.25, 0.3) is 0 Å². The molecule has 0 saturated heterocycles. The van der Waals surface area contributed by atoms with Gasteiger partial charge in [0.2, 0.25) is 0 Å². The number of nitrogens with zero attached hydrogens (tertiary/aromatic N) is 1. The molecule has 0 aliphatic carbocycles. The van der Waals surface area contributed by atoms with Gasteiger partial charge in [-0.3, -0.25) is 5.32 Å². The Labute approximate surface area is 121 Å². The van der Waals surface area contributed by atoms with Gasteiger partial charge in [-0.25, -0.2) is 14.6 Å². The second-order valence-corrected chi connectivity index (χ2v) is 5.49. The molecule has 0 aliphatic heterocycles. The van der Waals surface area contributed by atoms with Crippen LogP contribution in [0.1, 0.15) is 31.3 Å². The number of aromatic nitrogens is 1. The fraction of sp³-hybridized carbons (Fsp3) is 0.267. The predicted molar refractivity (Wildman–Crippen MR) is 78.6 cm³/mol. The van der Waals surface area contributed by atoms with Crippen molar-refractivity contribution in [3.05, 3.63) is 36.2 Å². The number of fused-ring (bicyclic) bond motifs is 1. The third-order valence-electron chi connectivity index (χ3n) is 2.64. The van der Waals surface area contributed by atoms with E-state index in [0.29, 0.717) is 16.5 Å². The Balaban J connectivity index is 2.40. The number of rotatable bonds is 2. The second kappa shape index (κ2) is 5.40. The maximum Gasteiger partial charge on any atom is 0.412 e. The number of anilines is 1. The topological polar surface area (TPSA) is 88.5 Å². The summed E-state index contributed by atoms with van der Waals surface area (Å²) in [5.41, 5.74) is -0.186. The first kappa shape index (κ1) is 14.8. The van der Waals surface area contributed by atoms with Gasteiger partial charge in [0.05, 0.1) is 5.69 Å². The molecule has 0 unspecified atom stereocenters. The molecule has 6 nitrogen and oxygen atoms in total. The molecule has 0 fully saturated rings. The van der Waals surface area contributed by atoms with Crippen molar-refractivity contribution in [2.45, 2.75) is 26.4 Å². The standard InChI is InChI=1S/C15H16N2O4/c1-15(2,3)21-14(20)17-11-6-4-5-10-9(11)7-8-16-12(10)13(18)19/h4-8H,1-3H3,(H,17,20)(H,18,19). The second-order valence-electron chi connectivity index (χ2n) is 5.49. The monoisotopic (exact) mass is 288 g/mol. The molecule has 0 radical (unpaired) electrons. The van der Waals surface area contributed by atoms with E-state index in [2.05, 4.69) is 10.3 Å². The molecule has 1 aromatic carbocycles. The smallest absolute Gasteiger partial charge is 0.412 e. The van der Waals surface area contributed by atoms with Crippen LogP contribution in [0.25, 0.3) is 10.8 Å². The SMILES string of the molecule is CC(C)(C)OC(=O)Nc1cccc2c(C(=O)O)nccc12. The van der Waals surface area contributed by atoms with Crippen LogP contribution in [0.5, 0.6) is 0 Å². The van der Waals surface area contributed by atoms with E-state index in [1.54, 1.807) is 45.0 Å². The summed E-state index contributed by atoms with van der Waals surface area (Å²) < 4.78 is 5.19. The molecule has 0 atom stereocenters. The number of pyridine rings is 1. The number of ether oxygens (including phenoxy) is 1. The van der Waals surface area contributed by atoms with Gasteiger partial charge >= 0.3 is 12.1 Å². The number of hydrogen-bond donors (Lipinski definition) is 2. The zero-order chi connectivity index (χ0) is 15.6. The highest BCUT2D eigenvalue weighted by atomic mass is 16.6. The Hall–Kier alpha value is -2.63. The molecule has 110 valence electrons. The molecule has 2 N–H and O–H groups in total. The third kappa shape index (κ3) is 3.47. The first-order chi connectivity index (χ1) is 9.78. The van der Waals surface area contributed by atoms with Crippen molar-refractivity contribution in [1.29, 1.82) is 0 Å². The Morgan fingerprint density at radius 1 is 1.19 bits per heavy atom. The van der Waals surface area contributed by atoms with Crippen molar-refractivity contribution in [2.75, 3.05) is 5.32 Å². The number of carbonyl (C=O) groups excluding carboxylic acids is 1. The van der Waals surface area contributed by atoms with Crippen molar-refractivity contribution < 1.29 is 19.4 Å². The van der Waals surface area contributed by atoms with Crippen molar-refractivity contribution >= 4 is 28.5 Å². The zero-order valence-electron chi connectivity index (χ0n) is 12.0. The lowest BCUT2D eigenvalue weighted by Gasteiger charge is -2.20. The fourth-order valence-corrected chi connectivity index (χ4v) is 1.90. The van der Waals surface area contributed by atoms with Crippen LogP contribution in [-0.2, 0) is 4.74 Å². The molecule has 0 spiro atoms. The molecule has 1 heterocycles. The van der Waals surface area contributed by atoms with Gasteiger partial charge in [0.1, 0.15) is 5.60 Å². The number of carboxylic acid groups (broad SMARTS) is 1. The highest BCUT2D eigenvalue weighted by molar-refractivity contribution is 6.07. The summed E-state index contributed by atoms with van der Waals surface area (Å²) >= 11 is 0. The van der Waals surface area contributed by atoms with E-state index in [1.807, 2.05) is 0 Å². The highest BCUT2D eigenvalue weighted by Crippen LogP contribution is 2.25. The highest BCUT2D eigenvalue weighted by Gasteiger charge is 2.18. The van der Waals surface area contributed by atoms with E-state index < -0.39 is 17.7 Å². The van der Waals surface area contributed by atoms with Crippen LogP contribution in [0.3, 0.4) is 0 Å². The largest absolute Gasteiger partial charge is 0.476 e. The molecule has 2 aromatic rings. The minimum Gasteiger partial charge on any atom is -0.476 e. The van der Waals surface area contributed by atoms with E-state index in [4.69, 9.17) is 9.84 Å². The summed E-state index contributed by atoms with van der Waals surface area (Å²) in [5.74, 6) is -1.12. The van der Waals surface area contributed by atoms with Gasteiger partial charge in [0.15, 0.2) is 5.69 Å². The Morgan fingerprint density at radius 3 is 2.52 bits per heavy atom. The summed E-state index contributed by atoms with van der Waals surface area (Å²) in [7, 11) is 0. The maximum atomic E-state index is 11.8. The predicted octanol–water partition coefficient (Wildman–Crippen LogP) is 3.28. The molecular weight excluding hydrogens is 272 g/mol. The molecule has 0 aliphatic rings. The summed E-state index contributed by atoms with van der Waals surface area (Å²) in [6, 6.07) is 6.63. The summed E-state index contributed by atoms with van der Waals surface area (Å²) in [4.78, 5) is 26.8. The molecule has 0 saturated carbocycles. The van der Waals surface area contributed by atoms with E-state index in [1.165, 1.54) is 6.20 Å². The quantitative estimate of drug-likeness (QED) is 0.885. The molecule has 2 rings (SSSR count). The minimum atomic E-state index is -1.12. The molecule has 0 bridgehead atoms. The number of nitrogens with one attached hydrogen (secondary N) is 1. The maximum absolute atomic E-state index is 11.8. The molecule has 6 heteroatoms. The zero-order valence-corrected chi connectivity index (χ0v) is 12.0. The van der Waals surface area contributed by atoms with E-state index in [9.17, 15) is 9.59 Å². The number of carbonyl (C=O) groups is 2. The Morgan fingerprint density at radius 2 is 1.90 bits per heavy atom. The number of aromatic carboxylic acids is 1. The van der Waals surface area contributed by atoms with E-state index in [0.717, 1.165) is 0 Å². The first-order valence-corrected chi connectivity index (χ1v) is 6.39. The number of benzene rings is 1. The first-order valence-electron chi connectivity index (χ1n) is 6.39. The average Bonchev–Trinajstić information content (AvgIpc) is 2.36. The lowest BCUT2D eigenvalue weighted by atomic mass is 10.1. The van der Waals surface area contributed by atoms with Crippen LogP contribution in [0, 0.1) is 0 Å². The van der Waals surface area contributed by atoms with Gasteiger partial charge in [-0.15, -0.1) is 0 Å². The normalized spacial score (nSPS) is 11.2. The lowest BCUT2D eigenvalue weighted by Crippen LogP contribution is -2.27. The molecular formula is C15H16N2O4. The van der Waals surface area contributed by atoms with Crippen molar-refractivity contribution in [3.8, 4) is 0 Å². The molecule has 1 aromatic heterocycles. The van der Waals surface area contributed by atoms with Crippen molar-refractivity contribution in [1.82, 2.24) is 4.98 Å². The Bertz CT molecular complexity index is 704. The van der Waals surface area contributed by atoms with Crippen LogP contribution in [0.2, 0.25) is 0 Å². The summed E-state index contributed by atoms with van der Waals surface area (Å²) in [6.45, 7) is 5.30. The van der Waals surface area contributed by atoms with Crippen molar-refractivity contribution in [3.63, 3.8) is 0 Å². The summed E-state index contributed by atoms with van der Waals surface area (Å²) in [6.07, 6.45) is 0.801. The van der Waals surface area contributed by atoms with Crippen molar-refractivity contribution in [2.24, 2.45) is 0 Å². The Kier molecular flexibility index (Phi) is 3.80. The number of hydrogen-bond acceptors (Lipinski definition) is 4. The minimum absolute atomic E-state index is 0.0552. The lowest BCUT2D eigenvalue weighted by molar-refractivity contribution is 0.0634. The molecule has 21 heavy (non-hydrogen) atoms. The van der Waals surface area contributed by atoms with E-state index >= 15 is 0 Å². The van der Waals surface area contributed by atoms with Gasteiger partial charge in [-0.2, -0.15) is 0 Å². The summed E-state index contributed by atoms with van der Waals surface area (Å²) in [5, 5.41) is 12.8. The van der Waals surface area contributed by atoms with E-state index in [-0.39, 0.29) is 5.69 Å². The fourth-order valence-electron chi connectivity index (χ4n) is 1.90. The number of carboxylic acids is 1. The van der Waals surface area contributed by atoms with Crippen LogP contribution in [-0.4, -0.2) is 27.8 Å². The third-order valence-corrected chi connectivity index (χ3v) is 2.64. The van der Waals surface area contributed by atoms with Crippen LogP contribution >= 0.6 is 0 Å². The number of amides is 1. The van der Waals surface area contributed by atoms with Gasteiger partial charge in [0, 0.05) is 17.0 Å².